The number of urea groups is 1. The van der Waals surface area contributed by atoms with Gasteiger partial charge in [-0.25, -0.2) is 4.79 Å². The van der Waals surface area contributed by atoms with Gasteiger partial charge in [-0.2, -0.15) is 0 Å². The summed E-state index contributed by atoms with van der Waals surface area (Å²) in [5.41, 5.74) is 0. The van der Waals surface area contributed by atoms with Crippen molar-refractivity contribution in [2.24, 2.45) is 0 Å². The predicted octanol–water partition coefficient (Wildman–Crippen LogP) is 1.51. The predicted molar refractivity (Wildman–Crippen MR) is 62.3 cm³/mol. The zero-order valence-corrected chi connectivity index (χ0v) is 9.66. The zero-order valence-electron chi connectivity index (χ0n) is 9.66. The minimum absolute atomic E-state index is 0.0662. The van der Waals surface area contributed by atoms with Crippen molar-refractivity contribution < 1.29 is 14.7 Å². The normalized spacial score (nSPS) is 11.6. The van der Waals surface area contributed by atoms with Gasteiger partial charge in [-0.3, -0.25) is 4.79 Å². The molecule has 0 heterocycles. The lowest BCUT2D eigenvalue weighted by Gasteiger charge is -2.12. The standard InChI is InChI=1S/C11H20N2O3/c1-3-6-9(2)13-11(16)12-8-5-4-7-10(14)15/h3,9H,1,4-8H2,2H3,(H,14,15)(H2,12,13,16). The number of carbonyl (C=O) groups excluding carboxylic acids is 1. The molecule has 2 amide bonds. The molecular weight excluding hydrogens is 208 g/mol. The first-order chi connectivity index (χ1) is 7.56. The molecule has 0 bridgehead atoms. The van der Waals surface area contributed by atoms with Crippen LogP contribution in [0.3, 0.4) is 0 Å². The SMILES string of the molecule is C=CCC(C)NC(=O)NCCCCC(=O)O. The summed E-state index contributed by atoms with van der Waals surface area (Å²) < 4.78 is 0. The van der Waals surface area contributed by atoms with Gasteiger partial charge in [0.2, 0.25) is 0 Å². The lowest BCUT2D eigenvalue weighted by Crippen LogP contribution is -2.40. The first-order valence-electron chi connectivity index (χ1n) is 5.43. The average Bonchev–Trinajstić information content (AvgIpc) is 2.16. The summed E-state index contributed by atoms with van der Waals surface area (Å²) in [7, 11) is 0. The highest BCUT2D eigenvalue weighted by Crippen LogP contribution is 1.94. The van der Waals surface area contributed by atoms with E-state index in [2.05, 4.69) is 17.2 Å². The Labute approximate surface area is 95.9 Å². The molecule has 1 unspecified atom stereocenters. The third-order valence-electron chi connectivity index (χ3n) is 2.00. The topological polar surface area (TPSA) is 78.4 Å². The molecule has 0 rings (SSSR count). The van der Waals surface area contributed by atoms with E-state index < -0.39 is 5.97 Å². The minimum atomic E-state index is -0.802. The number of unbranched alkanes of at least 4 members (excludes halogenated alkanes) is 1. The molecule has 0 aromatic rings. The van der Waals surface area contributed by atoms with E-state index in [4.69, 9.17) is 5.11 Å². The molecule has 0 fully saturated rings. The maximum absolute atomic E-state index is 11.3. The molecule has 0 aromatic heterocycles. The van der Waals surface area contributed by atoms with Crippen LogP contribution in [0.5, 0.6) is 0 Å². The summed E-state index contributed by atoms with van der Waals surface area (Å²) in [6, 6.07) is -0.152. The second-order valence-corrected chi connectivity index (χ2v) is 3.68. The van der Waals surface area contributed by atoms with E-state index >= 15 is 0 Å². The van der Waals surface area contributed by atoms with Gasteiger partial charge in [0, 0.05) is 19.0 Å². The van der Waals surface area contributed by atoms with Crippen molar-refractivity contribution in [2.45, 2.75) is 38.6 Å². The largest absolute Gasteiger partial charge is 0.481 e. The third kappa shape index (κ3) is 9.05. The Morgan fingerprint density at radius 2 is 2.12 bits per heavy atom. The molecule has 3 N–H and O–H groups in total. The van der Waals surface area contributed by atoms with Crippen LogP contribution in [0.1, 0.15) is 32.6 Å². The van der Waals surface area contributed by atoms with Gasteiger partial charge >= 0.3 is 12.0 Å². The highest BCUT2D eigenvalue weighted by Gasteiger charge is 2.04. The lowest BCUT2D eigenvalue weighted by atomic mass is 10.2. The Bertz CT molecular complexity index is 241. The van der Waals surface area contributed by atoms with Gasteiger partial charge in [0.1, 0.15) is 0 Å². The third-order valence-corrected chi connectivity index (χ3v) is 2.00. The van der Waals surface area contributed by atoms with Crippen molar-refractivity contribution >= 4 is 12.0 Å². The number of hydrogen-bond donors (Lipinski definition) is 3. The van der Waals surface area contributed by atoms with Gasteiger partial charge in [-0.05, 0) is 26.2 Å². The fourth-order valence-electron chi connectivity index (χ4n) is 1.19. The molecule has 0 spiro atoms. The monoisotopic (exact) mass is 228 g/mol. The Morgan fingerprint density at radius 3 is 2.69 bits per heavy atom. The van der Waals surface area contributed by atoms with Crippen LogP contribution in [0.15, 0.2) is 12.7 Å². The number of amides is 2. The van der Waals surface area contributed by atoms with E-state index in [0.717, 1.165) is 6.42 Å². The fourth-order valence-corrected chi connectivity index (χ4v) is 1.19. The number of aliphatic carboxylic acids is 1. The van der Waals surface area contributed by atoms with Crippen LogP contribution in [0.4, 0.5) is 4.79 Å². The Balaban J connectivity index is 3.43. The maximum Gasteiger partial charge on any atom is 0.315 e. The fraction of sp³-hybridized carbons (Fsp3) is 0.636. The molecule has 0 aliphatic rings. The van der Waals surface area contributed by atoms with Crippen molar-refractivity contribution in [3.05, 3.63) is 12.7 Å². The van der Waals surface area contributed by atoms with Gasteiger partial charge in [-0.15, -0.1) is 6.58 Å². The van der Waals surface area contributed by atoms with Gasteiger partial charge in [-0.1, -0.05) is 6.08 Å². The van der Waals surface area contributed by atoms with E-state index in [1.807, 2.05) is 6.92 Å². The summed E-state index contributed by atoms with van der Waals surface area (Å²) in [5.74, 6) is -0.802. The quantitative estimate of drug-likeness (QED) is 0.435. The average molecular weight is 228 g/mol. The van der Waals surface area contributed by atoms with Crippen molar-refractivity contribution in [2.75, 3.05) is 6.54 Å². The van der Waals surface area contributed by atoms with Gasteiger partial charge in [0.15, 0.2) is 0 Å². The number of rotatable bonds is 8. The van der Waals surface area contributed by atoms with Crippen LogP contribution >= 0.6 is 0 Å². The summed E-state index contributed by atoms with van der Waals surface area (Å²) in [6.07, 6.45) is 3.88. The van der Waals surface area contributed by atoms with Crippen molar-refractivity contribution in [3.63, 3.8) is 0 Å². The molecule has 0 aromatic carbocycles. The van der Waals surface area contributed by atoms with Gasteiger partial charge in [0.25, 0.3) is 0 Å². The molecule has 0 saturated carbocycles. The molecule has 0 aliphatic carbocycles. The van der Waals surface area contributed by atoms with Crippen LogP contribution in [0.25, 0.3) is 0 Å². The Hall–Kier alpha value is -1.52. The first kappa shape index (κ1) is 14.5. The zero-order chi connectivity index (χ0) is 12.4. The summed E-state index contributed by atoms with van der Waals surface area (Å²) in [5, 5.41) is 13.8. The van der Waals surface area contributed by atoms with E-state index in [1.165, 1.54) is 0 Å². The molecular formula is C11H20N2O3. The summed E-state index contributed by atoms with van der Waals surface area (Å²) in [6.45, 7) is 5.98. The highest BCUT2D eigenvalue weighted by molar-refractivity contribution is 5.74. The molecule has 5 heteroatoms. The van der Waals surface area contributed by atoms with E-state index in [9.17, 15) is 9.59 Å². The number of carboxylic acids is 1. The van der Waals surface area contributed by atoms with Crippen molar-refractivity contribution in [3.8, 4) is 0 Å². The van der Waals surface area contributed by atoms with Crippen LogP contribution in [-0.4, -0.2) is 29.7 Å². The number of hydrogen-bond acceptors (Lipinski definition) is 2. The first-order valence-corrected chi connectivity index (χ1v) is 5.43. The molecule has 0 aliphatic heterocycles. The van der Waals surface area contributed by atoms with E-state index in [1.54, 1.807) is 6.08 Å². The molecule has 5 nitrogen and oxygen atoms in total. The second kappa shape index (κ2) is 8.76. The molecule has 0 radical (unpaired) electrons. The van der Waals surface area contributed by atoms with Crippen molar-refractivity contribution in [1.82, 2.24) is 10.6 Å². The van der Waals surface area contributed by atoms with Crippen LogP contribution in [0, 0.1) is 0 Å². The number of carboxylic acid groups (broad SMARTS) is 1. The molecule has 1 atom stereocenters. The van der Waals surface area contributed by atoms with Gasteiger partial charge < -0.3 is 15.7 Å². The van der Waals surface area contributed by atoms with Crippen LogP contribution in [0.2, 0.25) is 0 Å². The maximum atomic E-state index is 11.3. The Kier molecular flexibility index (Phi) is 7.93. The minimum Gasteiger partial charge on any atom is -0.481 e. The second-order valence-electron chi connectivity index (χ2n) is 3.68. The lowest BCUT2D eigenvalue weighted by molar-refractivity contribution is -0.137. The van der Waals surface area contributed by atoms with Crippen LogP contribution in [-0.2, 0) is 4.79 Å². The molecule has 16 heavy (non-hydrogen) atoms. The van der Waals surface area contributed by atoms with Gasteiger partial charge in [0.05, 0.1) is 0 Å². The smallest absolute Gasteiger partial charge is 0.315 e. The number of carbonyl (C=O) groups is 2. The summed E-state index contributed by atoms with van der Waals surface area (Å²) >= 11 is 0. The van der Waals surface area contributed by atoms with Crippen molar-refractivity contribution in [1.29, 1.82) is 0 Å². The molecule has 0 saturated heterocycles. The van der Waals surface area contributed by atoms with Crippen LogP contribution < -0.4 is 10.6 Å². The Morgan fingerprint density at radius 1 is 1.44 bits per heavy atom. The number of nitrogens with one attached hydrogen (secondary N) is 2. The summed E-state index contributed by atoms with van der Waals surface area (Å²) in [4.78, 5) is 21.5. The van der Waals surface area contributed by atoms with E-state index in [0.29, 0.717) is 19.4 Å². The van der Waals surface area contributed by atoms with E-state index in [-0.39, 0.29) is 18.5 Å². The highest BCUT2D eigenvalue weighted by atomic mass is 16.4. The molecule has 92 valence electrons.